The molecule has 0 saturated heterocycles. The molecule has 0 aliphatic heterocycles. The van der Waals surface area contributed by atoms with E-state index in [1.165, 1.54) is 25.7 Å². The van der Waals surface area contributed by atoms with Crippen LogP contribution in [0.4, 0.5) is 17.3 Å². The molecule has 0 spiro atoms. The third-order valence-corrected chi connectivity index (χ3v) is 3.40. The Morgan fingerprint density at radius 2 is 2.05 bits per heavy atom. The molecule has 1 aliphatic carbocycles. The van der Waals surface area contributed by atoms with Crippen LogP contribution in [0.2, 0.25) is 0 Å². The summed E-state index contributed by atoms with van der Waals surface area (Å²) in [5.74, 6) is 1.45. The lowest BCUT2D eigenvalue weighted by atomic mass is 10.2. The number of nitrogens with one attached hydrogen (secondary N) is 2. The van der Waals surface area contributed by atoms with Crippen molar-refractivity contribution < 1.29 is 4.74 Å². The first-order valence-electron chi connectivity index (χ1n) is 6.91. The zero-order valence-electron chi connectivity index (χ0n) is 11.5. The van der Waals surface area contributed by atoms with Gasteiger partial charge in [0.1, 0.15) is 12.0 Å². The molecular formula is C13H23N5O. The van der Waals surface area contributed by atoms with Crippen molar-refractivity contribution >= 4 is 17.3 Å². The molecule has 0 unspecified atom stereocenters. The van der Waals surface area contributed by atoms with Crippen LogP contribution in [0.5, 0.6) is 0 Å². The summed E-state index contributed by atoms with van der Waals surface area (Å²) in [4.78, 5) is 8.42. The van der Waals surface area contributed by atoms with Gasteiger partial charge in [-0.3, -0.25) is 0 Å². The van der Waals surface area contributed by atoms with Crippen molar-refractivity contribution in [1.29, 1.82) is 0 Å². The van der Waals surface area contributed by atoms with Crippen molar-refractivity contribution in [2.24, 2.45) is 0 Å². The van der Waals surface area contributed by atoms with E-state index in [4.69, 9.17) is 10.5 Å². The fraction of sp³-hybridized carbons (Fsp3) is 0.692. The molecule has 1 aliphatic rings. The lowest BCUT2D eigenvalue weighted by molar-refractivity contribution is 0.198. The molecule has 0 amide bonds. The summed E-state index contributed by atoms with van der Waals surface area (Å²) in [7, 11) is 1.70. The maximum atomic E-state index is 6.09. The van der Waals surface area contributed by atoms with E-state index >= 15 is 0 Å². The predicted molar refractivity (Wildman–Crippen MR) is 77.3 cm³/mol. The van der Waals surface area contributed by atoms with Crippen molar-refractivity contribution in [2.45, 2.75) is 38.1 Å². The van der Waals surface area contributed by atoms with Gasteiger partial charge in [-0.25, -0.2) is 9.97 Å². The first kappa shape index (κ1) is 13.9. The van der Waals surface area contributed by atoms with Gasteiger partial charge in [-0.15, -0.1) is 0 Å². The van der Waals surface area contributed by atoms with E-state index in [1.807, 2.05) is 0 Å². The summed E-state index contributed by atoms with van der Waals surface area (Å²) < 4.78 is 5.01. The number of nitrogens with zero attached hydrogens (tertiary/aromatic N) is 2. The van der Waals surface area contributed by atoms with Gasteiger partial charge in [0.2, 0.25) is 0 Å². The number of rotatable bonds is 7. The number of hydrogen-bond donors (Lipinski definition) is 3. The highest BCUT2D eigenvalue weighted by molar-refractivity contribution is 5.74. The van der Waals surface area contributed by atoms with Crippen LogP contribution >= 0.6 is 0 Å². The Bertz CT molecular complexity index is 393. The highest BCUT2D eigenvalue weighted by atomic mass is 16.5. The number of nitrogen functional groups attached to an aromatic ring is 1. The number of anilines is 3. The summed E-state index contributed by atoms with van der Waals surface area (Å²) in [5.41, 5.74) is 6.70. The van der Waals surface area contributed by atoms with E-state index < -0.39 is 0 Å². The second-order valence-electron chi connectivity index (χ2n) is 4.88. The van der Waals surface area contributed by atoms with Crippen LogP contribution in [0.25, 0.3) is 0 Å². The fourth-order valence-corrected chi connectivity index (χ4v) is 2.34. The average molecular weight is 265 g/mol. The van der Waals surface area contributed by atoms with Crippen LogP contribution in [-0.4, -0.2) is 36.3 Å². The summed E-state index contributed by atoms with van der Waals surface area (Å²) in [6.45, 7) is 1.52. The number of aromatic nitrogens is 2. The summed E-state index contributed by atoms with van der Waals surface area (Å²) in [6, 6.07) is 0.499. The SMILES string of the molecule is COCCCNc1ncnc(NC2CCCC2)c1N. The highest BCUT2D eigenvalue weighted by Crippen LogP contribution is 2.27. The zero-order chi connectivity index (χ0) is 13.5. The van der Waals surface area contributed by atoms with Crippen molar-refractivity contribution in [3.63, 3.8) is 0 Å². The van der Waals surface area contributed by atoms with Crippen molar-refractivity contribution in [2.75, 3.05) is 36.6 Å². The Morgan fingerprint density at radius 3 is 2.79 bits per heavy atom. The molecule has 1 heterocycles. The van der Waals surface area contributed by atoms with Gasteiger partial charge in [-0.05, 0) is 19.3 Å². The maximum Gasteiger partial charge on any atom is 0.155 e. The first-order chi connectivity index (χ1) is 9.31. The Kier molecular flexibility index (Phi) is 5.20. The van der Waals surface area contributed by atoms with Crippen LogP contribution in [0.3, 0.4) is 0 Å². The van der Waals surface area contributed by atoms with E-state index in [0.717, 1.165) is 25.4 Å². The molecular weight excluding hydrogens is 242 g/mol. The normalized spacial score (nSPS) is 15.6. The average Bonchev–Trinajstić information content (AvgIpc) is 2.91. The molecule has 1 aromatic rings. The van der Waals surface area contributed by atoms with Crippen molar-refractivity contribution in [3.05, 3.63) is 6.33 Å². The molecule has 0 aromatic carbocycles. The summed E-state index contributed by atoms with van der Waals surface area (Å²) >= 11 is 0. The van der Waals surface area contributed by atoms with Gasteiger partial charge < -0.3 is 21.1 Å². The molecule has 1 fully saturated rings. The molecule has 106 valence electrons. The summed E-state index contributed by atoms with van der Waals surface area (Å²) in [6.07, 6.45) is 7.42. The molecule has 19 heavy (non-hydrogen) atoms. The fourth-order valence-electron chi connectivity index (χ4n) is 2.34. The molecule has 0 atom stereocenters. The maximum absolute atomic E-state index is 6.09. The number of hydrogen-bond acceptors (Lipinski definition) is 6. The van der Waals surface area contributed by atoms with Gasteiger partial charge in [-0.2, -0.15) is 0 Å². The Hall–Kier alpha value is -1.56. The van der Waals surface area contributed by atoms with Crippen molar-refractivity contribution in [1.82, 2.24) is 9.97 Å². The topological polar surface area (TPSA) is 85.1 Å². The van der Waals surface area contributed by atoms with E-state index in [0.29, 0.717) is 17.5 Å². The van der Waals surface area contributed by atoms with E-state index in [-0.39, 0.29) is 0 Å². The number of ether oxygens (including phenoxy) is 1. The minimum Gasteiger partial charge on any atom is -0.393 e. The lowest BCUT2D eigenvalue weighted by Gasteiger charge is -2.16. The lowest BCUT2D eigenvalue weighted by Crippen LogP contribution is -2.18. The largest absolute Gasteiger partial charge is 0.393 e. The van der Waals surface area contributed by atoms with Crippen LogP contribution in [0, 0.1) is 0 Å². The number of nitrogens with two attached hydrogens (primary N) is 1. The summed E-state index contributed by atoms with van der Waals surface area (Å²) in [5, 5.41) is 6.63. The molecule has 2 rings (SSSR count). The minimum absolute atomic E-state index is 0.499. The van der Waals surface area contributed by atoms with Crippen LogP contribution in [0.15, 0.2) is 6.33 Å². The molecule has 4 N–H and O–H groups in total. The van der Waals surface area contributed by atoms with Gasteiger partial charge in [-0.1, -0.05) is 12.8 Å². The van der Waals surface area contributed by atoms with Gasteiger partial charge in [0.15, 0.2) is 11.6 Å². The van der Waals surface area contributed by atoms with Gasteiger partial charge in [0.05, 0.1) is 0 Å². The third-order valence-electron chi connectivity index (χ3n) is 3.40. The second-order valence-corrected chi connectivity index (χ2v) is 4.88. The van der Waals surface area contributed by atoms with E-state index in [1.54, 1.807) is 13.4 Å². The first-order valence-corrected chi connectivity index (χ1v) is 6.91. The van der Waals surface area contributed by atoms with Gasteiger partial charge in [0, 0.05) is 26.3 Å². The van der Waals surface area contributed by atoms with E-state index in [2.05, 4.69) is 20.6 Å². The minimum atomic E-state index is 0.499. The van der Waals surface area contributed by atoms with Crippen molar-refractivity contribution in [3.8, 4) is 0 Å². The Balaban J connectivity index is 1.92. The molecule has 6 nitrogen and oxygen atoms in total. The van der Waals surface area contributed by atoms with Crippen LogP contribution in [-0.2, 0) is 4.74 Å². The van der Waals surface area contributed by atoms with Crippen LogP contribution in [0.1, 0.15) is 32.1 Å². The van der Waals surface area contributed by atoms with Crippen LogP contribution < -0.4 is 16.4 Å². The molecule has 1 aromatic heterocycles. The second kappa shape index (κ2) is 7.13. The number of methoxy groups -OCH3 is 1. The zero-order valence-corrected chi connectivity index (χ0v) is 11.5. The molecule has 1 saturated carbocycles. The van der Waals surface area contributed by atoms with Gasteiger partial charge in [0.25, 0.3) is 0 Å². The molecule has 0 radical (unpaired) electrons. The quantitative estimate of drug-likeness (QED) is 0.653. The monoisotopic (exact) mass is 265 g/mol. The predicted octanol–water partition coefficient (Wildman–Crippen LogP) is 1.86. The Labute approximate surface area is 114 Å². The smallest absolute Gasteiger partial charge is 0.155 e. The molecule has 0 bridgehead atoms. The van der Waals surface area contributed by atoms with E-state index in [9.17, 15) is 0 Å². The Morgan fingerprint density at radius 1 is 1.32 bits per heavy atom. The standard InChI is InChI=1S/C13H23N5O/c1-19-8-4-7-15-12-11(14)13(17-9-16-12)18-10-5-2-3-6-10/h9-10H,2-8,14H2,1H3,(H2,15,16,17,18). The molecule has 6 heteroatoms. The van der Waals surface area contributed by atoms with Gasteiger partial charge >= 0.3 is 0 Å². The highest BCUT2D eigenvalue weighted by Gasteiger charge is 2.17. The third kappa shape index (κ3) is 3.96.